The Hall–Kier alpha value is -0.370. The average molecular weight is 171 g/mol. The van der Waals surface area contributed by atoms with E-state index >= 15 is 0 Å². The molecule has 0 atom stereocenters. The Morgan fingerprint density at radius 1 is 1.42 bits per heavy atom. The number of carbonyl (C=O) groups excluding carboxylic acids is 1. The summed E-state index contributed by atoms with van der Waals surface area (Å²) in [7, 11) is 2.14. The van der Waals surface area contributed by atoms with Crippen LogP contribution < -0.4 is 0 Å². The van der Waals surface area contributed by atoms with Gasteiger partial charge in [0.05, 0.1) is 0 Å². The van der Waals surface area contributed by atoms with Gasteiger partial charge in [-0.15, -0.1) is 0 Å². The van der Waals surface area contributed by atoms with Crippen LogP contribution in [0.15, 0.2) is 0 Å². The van der Waals surface area contributed by atoms with E-state index in [2.05, 4.69) is 11.9 Å². The molecular weight excluding hydrogens is 150 g/mol. The minimum Gasteiger partial charge on any atom is -0.306 e. The second kappa shape index (κ2) is 5.31. The van der Waals surface area contributed by atoms with Crippen molar-refractivity contribution < 1.29 is 4.79 Å². The maximum absolute atomic E-state index is 10.8. The van der Waals surface area contributed by atoms with Crippen molar-refractivity contribution in [2.45, 2.75) is 33.6 Å². The summed E-state index contributed by atoms with van der Waals surface area (Å²) in [5.41, 5.74) is 0. The van der Waals surface area contributed by atoms with Gasteiger partial charge in [-0.05, 0) is 45.8 Å². The summed E-state index contributed by atoms with van der Waals surface area (Å²) < 4.78 is 0. The molecule has 0 radical (unpaired) electrons. The van der Waals surface area contributed by atoms with Crippen LogP contribution in [-0.4, -0.2) is 30.8 Å². The molecule has 1 aliphatic rings. The smallest absolute Gasteiger partial charge is 0.130 e. The predicted molar refractivity (Wildman–Crippen MR) is 52.3 cm³/mol. The number of Topliss-reactive ketones (excluding diaryl/α,β-unsaturated/α-hetero) is 1. The number of piperidine rings is 1. The van der Waals surface area contributed by atoms with Crippen LogP contribution >= 0.6 is 0 Å². The molecular formula is C10H21NO. The number of hydrogen-bond acceptors (Lipinski definition) is 2. The quantitative estimate of drug-likeness (QED) is 0.633. The Labute approximate surface area is 75.9 Å². The van der Waals surface area contributed by atoms with E-state index in [1.54, 1.807) is 6.92 Å². The highest BCUT2D eigenvalue weighted by molar-refractivity contribution is 5.75. The van der Waals surface area contributed by atoms with Gasteiger partial charge < -0.3 is 9.69 Å². The molecule has 0 amide bonds. The number of likely N-dealkylation sites (tertiary alicyclic amines) is 1. The molecule has 1 aliphatic heterocycles. The van der Waals surface area contributed by atoms with Crippen molar-refractivity contribution in [3.8, 4) is 0 Å². The van der Waals surface area contributed by atoms with Crippen molar-refractivity contribution in [2.24, 2.45) is 5.92 Å². The van der Waals surface area contributed by atoms with Gasteiger partial charge in [-0.2, -0.15) is 0 Å². The van der Waals surface area contributed by atoms with E-state index in [4.69, 9.17) is 0 Å². The first kappa shape index (κ1) is 11.6. The minimum atomic E-state index is 0. The molecule has 0 saturated carbocycles. The Bertz CT molecular complexity index is 137. The van der Waals surface area contributed by atoms with Crippen molar-refractivity contribution in [3.63, 3.8) is 0 Å². The predicted octanol–water partition coefficient (Wildman–Crippen LogP) is 1.94. The third-order valence-electron chi connectivity index (χ3n) is 2.41. The molecule has 0 unspecified atom stereocenters. The molecule has 1 heterocycles. The normalized spacial score (nSPS) is 20.2. The summed E-state index contributed by atoms with van der Waals surface area (Å²) in [4.78, 5) is 13.1. The van der Waals surface area contributed by atoms with Crippen LogP contribution in [0.3, 0.4) is 0 Å². The summed E-state index contributed by atoms with van der Waals surface area (Å²) in [6.45, 7) is 4.02. The number of ketones is 1. The van der Waals surface area contributed by atoms with Gasteiger partial charge in [0.15, 0.2) is 0 Å². The van der Waals surface area contributed by atoms with Crippen molar-refractivity contribution in [1.82, 2.24) is 4.90 Å². The molecule has 0 aromatic heterocycles. The van der Waals surface area contributed by atoms with Gasteiger partial charge in [0, 0.05) is 6.42 Å². The van der Waals surface area contributed by atoms with E-state index in [-0.39, 0.29) is 7.43 Å². The van der Waals surface area contributed by atoms with E-state index in [1.807, 2.05) is 0 Å². The molecule has 12 heavy (non-hydrogen) atoms. The number of carbonyl (C=O) groups is 1. The van der Waals surface area contributed by atoms with Crippen molar-refractivity contribution in [2.75, 3.05) is 20.1 Å². The molecule has 0 aromatic carbocycles. The molecule has 0 spiro atoms. The standard InChI is InChI=1S/C9H17NO.CH4/c1-8(11)7-9-3-5-10(2)6-4-9;/h9H,3-7H2,1-2H3;1H4. The third kappa shape index (κ3) is 3.86. The largest absolute Gasteiger partial charge is 0.306 e. The average Bonchev–Trinajstić information content (AvgIpc) is 1.93. The monoisotopic (exact) mass is 171 g/mol. The SMILES string of the molecule is C.CC(=O)CC1CCN(C)CC1. The first-order valence-corrected chi connectivity index (χ1v) is 4.36. The molecule has 1 fully saturated rings. The highest BCUT2D eigenvalue weighted by Gasteiger charge is 2.17. The Morgan fingerprint density at radius 2 is 1.92 bits per heavy atom. The highest BCUT2D eigenvalue weighted by Crippen LogP contribution is 2.19. The lowest BCUT2D eigenvalue weighted by Crippen LogP contribution is -2.30. The summed E-state index contributed by atoms with van der Waals surface area (Å²) in [6.07, 6.45) is 3.21. The lowest BCUT2D eigenvalue weighted by atomic mass is 9.92. The van der Waals surface area contributed by atoms with Gasteiger partial charge in [-0.1, -0.05) is 7.43 Å². The Balaban J connectivity index is 0.00000121. The second-order valence-corrected chi connectivity index (χ2v) is 3.65. The molecule has 0 aliphatic carbocycles. The molecule has 72 valence electrons. The Kier molecular flexibility index (Phi) is 5.14. The summed E-state index contributed by atoms with van der Waals surface area (Å²) in [6, 6.07) is 0. The topological polar surface area (TPSA) is 20.3 Å². The van der Waals surface area contributed by atoms with Gasteiger partial charge in [-0.25, -0.2) is 0 Å². The maximum Gasteiger partial charge on any atom is 0.130 e. The lowest BCUT2D eigenvalue weighted by Gasteiger charge is -2.28. The first-order chi connectivity index (χ1) is 5.18. The van der Waals surface area contributed by atoms with Crippen molar-refractivity contribution in [3.05, 3.63) is 0 Å². The zero-order valence-electron chi connectivity index (χ0n) is 7.47. The summed E-state index contributed by atoms with van der Waals surface area (Å²) >= 11 is 0. The summed E-state index contributed by atoms with van der Waals surface area (Å²) in [5, 5.41) is 0. The van der Waals surface area contributed by atoms with E-state index < -0.39 is 0 Å². The first-order valence-electron chi connectivity index (χ1n) is 4.36. The fraction of sp³-hybridized carbons (Fsp3) is 0.900. The van der Waals surface area contributed by atoms with Gasteiger partial charge in [0.25, 0.3) is 0 Å². The van der Waals surface area contributed by atoms with E-state index in [0.717, 1.165) is 19.5 Å². The van der Waals surface area contributed by atoms with Crippen LogP contribution in [-0.2, 0) is 4.79 Å². The van der Waals surface area contributed by atoms with Crippen LogP contribution in [0.25, 0.3) is 0 Å². The number of rotatable bonds is 2. The molecule has 0 bridgehead atoms. The minimum absolute atomic E-state index is 0. The zero-order valence-corrected chi connectivity index (χ0v) is 7.47. The van der Waals surface area contributed by atoms with Crippen LogP contribution in [0.1, 0.15) is 33.6 Å². The number of hydrogen-bond donors (Lipinski definition) is 0. The molecule has 2 nitrogen and oxygen atoms in total. The fourth-order valence-corrected chi connectivity index (χ4v) is 1.67. The van der Waals surface area contributed by atoms with E-state index in [9.17, 15) is 4.79 Å². The molecule has 1 rings (SSSR count). The van der Waals surface area contributed by atoms with Gasteiger partial charge in [-0.3, -0.25) is 0 Å². The molecule has 0 N–H and O–H groups in total. The van der Waals surface area contributed by atoms with Crippen molar-refractivity contribution >= 4 is 5.78 Å². The van der Waals surface area contributed by atoms with E-state index in [1.165, 1.54) is 12.8 Å². The zero-order chi connectivity index (χ0) is 8.27. The van der Waals surface area contributed by atoms with Crippen LogP contribution in [0.4, 0.5) is 0 Å². The van der Waals surface area contributed by atoms with Crippen LogP contribution in [0.5, 0.6) is 0 Å². The molecule has 0 aromatic rings. The fourth-order valence-electron chi connectivity index (χ4n) is 1.67. The lowest BCUT2D eigenvalue weighted by molar-refractivity contribution is -0.118. The van der Waals surface area contributed by atoms with Crippen LogP contribution in [0.2, 0.25) is 0 Å². The number of nitrogens with zero attached hydrogens (tertiary/aromatic N) is 1. The summed E-state index contributed by atoms with van der Waals surface area (Å²) in [5.74, 6) is 1.02. The maximum atomic E-state index is 10.8. The molecule has 1 saturated heterocycles. The van der Waals surface area contributed by atoms with Gasteiger partial charge in [0.1, 0.15) is 5.78 Å². The van der Waals surface area contributed by atoms with Gasteiger partial charge in [0.2, 0.25) is 0 Å². The van der Waals surface area contributed by atoms with Crippen LogP contribution in [0, 0.1) is 5.92 Å². The Morgan fingerprint density at radius 3 is 2.33 bits per heavy atom. The molecule has 2 heteroatoms. The van der Waals surface area contributed by atoms with Crippen molar-refractivity contribution in [1.29, 1.82) is 0 Å². The second-order valence-electron chi connectivity index (χ2n) is 3.65. The van der Waals surface area contributed by atoms with E-state index in [0.29, 0.717) is 11.7 Å². The third-order valence-corrected chi connectivity index (χ3v) is 2.41. The van der Waals surface area contributed by atoms with Gasteiger partial charge >= 0.3 is 0 Å². The highest BCUT2D eigenvalue weighted by atomic mass is 16.1.